The van der Waals surface area contributed by atoms with E-state index < -0.39 is 5.60 Å². The predicted octanol–water partition coefficient (Wildman–Crippen LogP) is 0.488. The fourth-order valence-corrected chi connectivity index (χ4v) is 1.16. The van der Waals surface area contributed by atoms with Crippen LogP contribution in [0.4, 0.5) is 0 Å². The number of ether oxygens (including phenoxy) is 1. The summed E-state index contributed by atoms with van der Waals surface area (Å²) in [5, 5.41) is 9.86. The summed E-state index contributed by atoms with van der Waals surface area (Å²) in [5.74, 6) is 2.30. The first kappa shape index (κ1) is 7.52. The second-order valence-electron chi connectivity index (χ2n) is 2.32. The molecule has 54 valence electrons. The van der Waals surface area contributed by atoms with Gasteiger partial charge in [-0.1, -0.05) is 5.92 Å². The van der Waals surface area contributed by atoms with Gasteiger partial charge in [0.25, 0.3) is 0 Å². The number of terminal acetylenes is 1. The molecule has 0 aromatic heterocycles. The molecular weight excluding hydrogens is 148 g/mol. The molecule has 0 spiro atoms. The number of aliphatic hydroxyl groups is 1. The highest BCUT2D eigenvalue weighted by Crippen LogP contribution is 2.20. The zero-order chi connectivity index (χ0) is 7.61. The van der Waals surface area contributed by atoms with Crippen molar-refractivity contribution in [1.82, 2.24) is 0 Å². The number of hydrogen-bond acceptors (Lipinski definition) is 3. The van der Waals surface area contributed by atoms with Crippen LogP contribution in [-0.2, 0) is 4.74 Å². The Labute approximate surface area is 65.2 Å². The third kappa shape index (κ3) is 1.47. The van der Waals surface area contributed by atoms with E-state index in [4.69, 9.17) is 23.4 Å². The molecule has 1 aliphatic rings. The largest absolute Gasteiger partial charge is 0.487 e. The molecule has 1 aliphatic heterocycles. The van der Waals surface area contributed by atoms with Crippen LogP contribution in [0.15, 0.2) is 0 Å². The minimum absolute atomic E-state index is 0.291. The van der Waals surface area contributed by atoms with Crippen LogP contribution in [0.25, 0.3) is 0 Å². The highest BCUT2D eigenvalue weighted by molar-refractivity contribution is 7.80. The van der Waals surface area contributed by atoms with Crippen molar-refractivity contribution in [3.63, 3.8) is 0 Å². The molecule has 0 aromatic carbocycles. The molecule has 3 heteroatoms. The van der Waals surface area contributed by atoms with E-state index in [-0.39, 0.29) is 0 Å². The minimum atomic E-state index is -1.05. The highest BCUT2D eigenvalue weighted by atomic mass is 32.1. The second-order valence-corrected chi connectivity index (χ2v) is 2.78. The summed E-state index contributed by atoms with van der Waals surface area (Å²) >= 11 is 4.74. The van der Waals surface area contributed by atoms with E-state index in [0.717, 1.165) is 0 Å². The maximum absolute atomic E-state index is 9.45. The molecule has 0 aromatic rings. The van der Waals surface area contributed by atoms with Crippen molar-refractivity contribution in [2.45, 2.75) is 18.4 Å². The Hall–Kier alpha value is -0.590. The van der Waals surface area contributed by atoms with Gasteiger partial charge < -0.3 is 9.84 Å². The molecule has 0 bridgehead atoms. The van der Waals surface area contributed by atoms with Gasteiger partial charge in [0.15, 0.2) is 5.05 Å². The zero-order valence-corrected chi connectivity index (χ0v) is 6.28. The molecular formula is C7H8O2S. The van der Waals surface area contributed by atoms with Crippen LogP contribution in [0.3, 0.4) is 0 Å². The maximum atomic E-state index is 9.45. The summed E-state index contributed by atoms with van der Waals surface area (Å²) in [5.41, 5.74) is -1.05. The minimum Gasteiger partial charge on any atom is -0.487 e. The Morgan fingerprint density at radius 1 is 1.80 bits per heavy atom. The van der Waals surface area contributed by atoms with Gasteiger partial charge in [0.05, 0.1) is 13.0 Å². The van der Waals surface area contributed by atoms with Gasteiger partial charge >= 0.3 is 0 Å². The van der Waals surface area contributed by atoms with Gasteiger partial charge in [-0.15, -0.1) is 6.42 Å². The van der Waals surface area contributed by atoms with Gasteiger partial charge in [0, 0.05) is 6.42 Å². The Bertz CT molecular complexity index is 194. The van der Waals surface area contributed by atoms with Gasteiger partial charge in [0.2, 0.25) is 0 Å². The Balaban J connectivity index is 2.64. The summed E-state index contributed by atoms with van der Waals surface area (Å²) in [7, 11) is 0. The lowest BCUT2D eigenvalue weighted by Gasteiger charge is -2.27. The average molecular weight is 156 g/mol. The Morgan fingerprint density at radius 2 is 2.50 bits per heavy atom. The average Bonchev–Trinajstić information content (AvgIpc) is 1.88. The van der Waals surface area contributed by atoms with Crippen LogP contribution in [0.1, 0.15) is 12.8 Å². The first-order valence-electron chi connectivity index (χ1n) is 3.02. The monoisotopic (exact) mass is 156 g/mol. The molecule has 10 heavy (non-hydrogen) atoms. The third-order valence-electron chi connectivity index (χ3n) is 1.48. The standard InChI is InChI=1S/C7H8O2S/c1-2-7(8)3-4-9-6(10)5-7/h1,8H,3-5H2. The molecule has 0 radical (unpaired) electrons. The molecule has 1 unspecified atom stereocenters. The number of rotatable bonds is 0. The van der Waals surface area contributed by atoms with Crippen LogP contribution in [0.2, 0.25) is 0 Å². The van der Waals surface area contributed by atoms with Crippen LogP contribution in [0.5, 0.6) is 0 Å². The van der Waals surface area contributed by atoms with Crippen molar-refractivity contribution >= 4 is 17.3 Å². The van der Waals surface area contributed by atoms with Crippen molar-refractivity contribution in [1.29, 1.82) is 0 Å². The van der Waals surface area contributed by atoms with E-state index in [1.165, 1.54) is 0 Å². The fourth-order valence-electron chi connectivity index (χ4n) is 0.835. The number of thiocarbonyl (C=S) groups is 1. The van der Waals surface area contributed by atoms with Crippen LogP contribution < -0.4 is 0 Å². The highest BCUT2D eigenvalue weighted by Gasteiger charge is 2.30. The zero-order valence-electron chi connectivity index (χ0n) is 5.46. The molecule has 0 aliphatic carbocycles. The number of hydrogen-bond donors (Lipinski definition) is 1. The first-order chi connectivity index (χ1) is 4.66. The van der Waals surface area contributed by atoms with E-state index in [0.29, 0.717) is 24.5 Å². The molecule has 1 N–H and O–H groups in total. The topological polar surface area (TPSA) is 29.5 Å². The molecule has 1 atom stereocenters. The summed E-state index contributed by atoms with van der Waals surface area (Å²) < 4.78 is 4.95. The lowest BCUT2D eigenvalue weighted by Crippen LogP contribution is -2.36. The summed E-state index contributed by atoms with van der Waals surface area (Å²) in [6, 6.07) is 0. The molecule has 1 rings (SSSR count). The van der Waals surface area contributed by atoms with E-state index in [9.17, 15) is 5.11 Å². The van der Waals surface area contributed by atoms with E-state index in [1.54, 1.807) is 0 Å². The SMILES string of the molecule is C#CC1(O)CCOC(=S)C1. The van der Waals surface area contributed by atoms with Crippen LogP contribution >= 0.6 is 12.2 Å². The normalized spacial score (nSPS) is 32.6. The van der Waals surface area contributed by atoms with Crippen molar-refractivity contribution in [3.8, 4) is 12.3 Å². The smallest absolute Gasteiger partial charge is 0.163 e. The van der Waals surface area contributed by atoms with Crippen molar-refractivity contribution in [3.05, 3.63) is 0 Å². The molecule has 1 fully saturated rings. The van der Waals surface area contributed by atoms with E-state index in [2.05, 4.69) is 5.92 Å². The predicted molar refractivity (Wildman–Crippen MR) is 41.6 cm³/mol. The van der Waals surface area contributed by atoms with Crippen molar-refractivity contribution in [2.24, 2.45) is 0 Å². The van der Waals surface area contributed by atoms with Crippen LogP contribution in [-0.4, -0.2) is 22.4 Å². The molecule has 1 saturated heterocycles. The summed E-state index contributed by atoms with van der Waals surface area (Å²) in [4.78, 5) is 0. The van der Waals surface area contributed by atoms with Gasteiger partial charge in [-0.2, -0.15) is 0 Å². The van der Waals surface area contributed by atoms with Gasteiger partial charge in [-0.25, -0.2) is 0 Å². The van der Waals surface area contributed by atoms with Crippen LogP contribution in [0, 0.1) is 12.3 Å². The quantitative estimate of drug-likeness (QED) is 0.409. The lowest BCUT2D eigenvalue weighted by molar-refractivity contribution is 0.0527. The first-order valence-corrected chi connectivity index (χ1v) is 3.43. The second kappa shape index (κ2) is 2.57. The van der Waals surface area contributed by atoms with Gasteiger partial charge in [0.1, 0.15) is 5.60 Å². The van der Waals surface area contributed by atoms with E-state index >= 15 is 0 Å². The van der Waals surface area contributed by atoms with E-state index in [1.807, 2.05) is 0 Å². The molecule has 1 heterocycles. The molecule has 2 nitrogen and oxygen atoms in total. The molecule has 0 amide bonds. The summed E-state index contributed by atoms with van der Waals surface area (Å²) in [6.45, 7) is 0.430. The van der Waals surface area contributed by atoms with Gasteiger partial charge in [-0.3, -0.25) is 0 Å². The maximum Gasteiger partial charge on any atom is 0.163 e. The summed E-state index contributed by atoms with van der Waals surface area (Å²) in [6.07, 6.45) is 5.85. The van der Waals surface area contributed by atoms with Gasteiger partial charge in [-0.05, 0) is 12.2 Å². The third-order valence-corrected chi connectivity index (χ3v) is 1.75. The Morgan fingerprint density at radius 3 is 2.90 bits per heavy atom. The van der Waals surface area contributed by atoms with Crippen molar-refractivity contribution < 1.29 is 9.84 Å². The van der Waals surface area contributed by atoms with Crippen molar-refractivity contribution in [2.75, 3.05) is 6.61 Å². The molecule has 0 saturated carbocycles. The lowest BCUT2D eigenvalue weighted by atomic mass is 9.96. The fraction of sp³-hybridized carbons (Fsp3) is 0.571. The Kier molecular flexibility index (Phi) is 1.93.